The highest BCUT2D eigenvalue weighted by Gasteiger charge is 2.25. The lowest BCUT2D eigenvalue weighted by Gasteiger charge is -2.19. The number of nitrogens with zero attached hydrogens (tertiary/aromatic N) is 2. The van der Waals surface area contributed by atoms with Gasteiger partial charge in [-0.15, -0.1) is 0 Å². The van der Waals surface area contributed by atoms with Crippen LogP contribution in [-0.4, -0.2) is 25.6 Å². The summed E-state index contributed by atoms with van der Waals surface area (Å²) in [5.41, 5.74) is 0.737. The Morgan fingerprint density at radius 1 is 0.971 bits per heavy atom. The molecule has 0 saturated heterocycles. The highest BCUT2D eigenvalue weighted by atomic mass is 32.2. The van der Waals surface area contributed by atoms with Gasteiger partial charge in [-0.1, -0.05) is 41.7 Å². The maximum absolute atomic E-state index is 13.7. The molecule has 0 N–H and O–H groups in total. The van der Waals surface area contributed by atoms with Crippen LogP contribution in [0.1, 0.15) is 16.1 Å². The minimum Gasteiger partial charge on any atom is -0.467 e. The van der Waals surface area contributed by atoms with Gasteiger partial charge in [0.2, 0.25) is 0 Å². The van der Waals surface area contributed by atoms with Crippen molar-refractivity contribution in [1.29, 1.82) is 0 Å². The van der Waals surface area contributed by atoms with Crippen molar-refractivity contribution >= 4 is 42.4 Å². The van der Waals surface area contributed by atoms with Crippen LogP contribution < -0.4 is 9.64 Å². The van der Waals surface area contributed by atoms with Gasteiger partial charge in [-0.05, 0) is 54.6 Å². The maximum atomic E-state index is 13.7. The van der Waals surface area contributed by atoms with Crippen LogP contribution in [0, 0.1) is 0 Å². The third kappa shape index (κ3) is 4.96. The summed E-state index contributed by atoms with van der Waals surface area (Å²) in [6.07, 6.45) is 2.68. The Morgan fingerprint density at radius 3 is 2.49 bits per heavy atom. The van der Waals surface area contributed by atoms with Gasteiger partial charge >= 0.3 is 0 Å². The van der Waals surface area contributed by atoms with E-state index in [2.05, 4.69) is 4.98 Å². The number of thiazole rings is 1. The monoisotopic (exact) mass is 504 g/mol. The first-order valence-corrected chi connectivity index (χ1v) is 13.4. The molecule has 7 nitrogen and oxygen atoms in total. The lowest BCUT2D eigenvalue weighted by molar-refractivity contribution is 0.0983. The molecule has 0 radical (unpaired) electrons. The van der Waals surface area contributed by atoms with Gasteiger partial charge < -0.3 is 9.15 Å². The van der Waals surface area contributed by atoms with E-state index >= 15 is 0 Å². The van der Waals surface area contributed by atoms with Gasteiger partial charge in [-0.3, -0.25) is 9.69 Å². The van der Waals surface area contributed by atoms with Crippen LogP contribution in [0.5, 0.6) is 11.5 Å². The van der Waals surface area contributed by atoms with E-state index in [4.69, 9.17) is 9.15 Å². The predicted molar refractivity (Wildman–Crippen MR) is 135 cm³/mol. The molecule has 176 valence electrons. The van der Waals surface area contributed by atoms with E-state index in [1.165, 1.54) is 28.6 Å². The van der Waals surface area contributed by atoms with Crippen LogP contribution in [0.15, 0.2) is 101 Å². The zero-order chi connectivity index (χ0) is 24.4. The van der Waals surface area contributed by atoms with Crippen LogP contribution in [0.3, 0.4) is 0 Å². The number of fused-ring (bicyclic) bond motifs is 1. The molecule has 5 rings (SSSR count). The van der Waals surface area contributed by atoms with Crippen LogP contribution >= 0.6 is 11.3 Å². The topological polar surface area (TPSA) is 89.7 Å². The molecule has 0 aliphatic heterocycles. The largest absolute Gasteiger partial charge is 0.467 e. The van der Waals surface area contributed by atoms with Crippen LogP contribution in [0.4, 0.5) is 5.13 Å². The third-order valence-corrected chi connectivity index (χ3v) is 7.37. The number of aromatic nitrogens is 1. The van der Waals surface area contributed by atoms with E-state index in [-0.39, 0.29) is 17.3 Å². The molecule has 0 saturated carbocycles. The Morgan fingerprint density at radius 2 is 1.74 bits per heavy atom. The molecule has 0 fully saturated rings. The van der Waals surface area contributed by atoms with Gasteiger partial charge in [-0.2, -0.15) is 0 Å². The van der Waals surface area contributed by atoms with Crippen LogP contribution in [0.2, 0.25) is 0 Å². The number of hydrogen-bond acceptors (Lipinski definition) is 7. The fraction of sp³-hybridized carbons (Fsp3) is 0.0769. The molecule has 0 bridgehead atoms. The Balaban J connectivity index is 1.54. The fourth-order valence-electron chi connectivity index (χ4n) is 3.58. The van der Waals surface area contributed by atoms with Crippen molar-refractivity contribution in [3.63, 3.8) is 0 Å². The van der Waals surface area contributed by atoms with Crippen molar-refractivity contribution in [3.05, 3.63) is 103 Å². The first-order valence-electron chi connectivity index (χ1n) is 10.7. The summed E-state index contributed by atoms with van der Waals surface area (Å²) in [6, 6.07) is 24.7. The average Bonchev–Trinajstić information content (AvgIpc) is 3.52. The molecule has 0 aliphatic carbocycles. The van der Waals surface area contributed by atoms with Gasteiger partial charge in [0.05, 0.1) is 22.4 Å². The lowest BCUT2D eigenvalue weighted by atomic mass is 10.2. The van der Waals surface area contributed by atoms with E-state index in [0.29, 0.717) is 38.2 Å². The van der Waals surface area contributed by atoms with E-state index in [1.54, 1.807) is 48.5 Å². The molecule has 2 aromatic heterocycles. The SMILES string of the molecule is CS(=O)(=O)c1cccc2sc(N(Cc3ccco3)C(=O)c3cccc(Oc4ccccc4)c3)nc12. The maximum Gasteiger partial charge on any atom is 0.260 e. The summed E-state index contributed by atoms with van der Waals surface area (Å²) < 4.78 is 36.6. The number of amides is 1. The molecule has 1 amide bonds. The Bertz CT molecular complexity index is 1590. The number of carbonyl (C=O) groups excluding carboxylic acids is 1. The lowest BCUT2D eigenvalue weighted by Crippen LogP contribution is -2.30. The highest BCUT2D eigenvalue weighted by Crippen LogP contribution is 2.34. The second-order valence-corrected chi connectivity index (χ2v) is 10.8. The molecular weight excluding hydrogens is 484 g/mol. The van der Waals surface area contributed by atoms with Gasteiger partial charge in [0, 0.05) is 11.8 Å². The second-order valence-electron chi connectivity index (χ2n) is 7.79. The molecule has 0 spiro atoms. The molecule has 2 heterocycles. The van der Waals surface area contributed by atoms with E-state index in [9.17, 15) is 13.2 Å². The number of furan rings is 1. The van der Waals surface area contributed by atoms with Gasteiger partial charge in [0.25, 0.3) is 5.91 Å². The van der Waals surface area contributed by atoms with E-state index in [1.807, 2.05) is 30.3 Å². The summed E-state index contributed by atoms with van der Waals surface area (Å²) in [7, 11) is -3.49. The zero-order valence-electron chi connectivity index (χ0n) is 18.6. The van der Waals surface area contributed by atoms with Crippen molar-refractivity contribution in [1.82, 2.24) is 4.98 Å². The molecule has 0 aliphatic rings. The summed E-state index contributed by atoms with van der Waals surface area (Å²) in [6.45, 7) is 0.129. The summed E-state index contributed by atoms with van der Waals surface area (Å²) in [5, 5.41) is 0.367. The first-order chi connectivity index (χ1) is 16.9. The fourth-order valence-corrected chi connectivity index (χ4v) is 5.47. The Kier molecular flexibility index (Phi) is 6.10. The molecule has 5 aromatic rings. The van der Waals surface area contributed by atoms with Crippen molar-refractivity contribution in [2.24, 2.45) is 0 Å². The van der Waals surface area contributed by atoms with E-state index < -0.39 is 9.84 Å². The van der Waals surface area contributed by atoms with Crippen molar-refractivity contribution < 1.29 is 22.4 Å². The number of benzene rings is 3. The number of carbonyl (C=O) groups is 1. The molecule has 3 aromatic carbocycles. The predicted octanol–water partition coefficient (Wildman–Crippen LogP) is 5.93. The van der Waals surface area contributed by atoms with Crippen molar-refractivity contribution in [2.75, 3.05) is 11.2 Å². The van der Waals surface area contributed by atoms with Crippen molar-refractivity contribution in [3.8, 4) is 11.5 Å². The van der Waals surface area contributed by atoms with Gasteiger partial charge in [-0.25, -0.2) is 13.4 Å². The summed E-state index contributed by atoms with van der Waals surface area (Å²) in [4.78, 5) is 19.9. The van der Waals surface area contributed by atoms with E-state index in [0.717, 1.165) is 6.26 Å². The number of para-hydroxylation sites is 2. The third-order valence-electron chi connectivity index (χ3n) is 5.20. The second kappa shape index (κ2) is 9.36. The molecule has 35 heavy (non-hydrogen) atoms. The summed E-state index contributed by atoms with van der Waals surface area (Å²) >= 11 is 1.24. The number of anilines is 1. The highest BCUT2D eigenvalue weighted by molar-refractivity contribution is 7.91. The average molecular weight is 505 g/mol. The Hall–Kier alpha value is -3.95. The summed E-state index contributed by atoms with van der Waals surface area (Å²) in [5.74, 6) is 1.42. The molecule has 9 heteroatoms. The standard InChI is InChI=1S/C26H20N2O5S2/c1-35(30,31)23-14-6-13-22-24(23)27-26(34-22)28(17-21-12-7-15-32-21)25(29)18-8-5-11-20(16-18)33-19-9-3-2-4-10-19/h2-16H,17H2,1H3. The van der Waals surface area contributed by atoms with Gasteiger partial charge in [0.1, 0.15) is 22.8 Å². The van der Waals surface area contributed by atoms with Crippen LogP contribution in [0.25, 0.3) is 10.2 Å². The minimum absolute atomic E-state index is 0.126. The van der Waals surface area contributed by atoms with Gasteiger partial charge in [0.15, 0.2) is 15.0 Å². The normalized spacial score (nSPS) is 11.5. The molecule has 0 unspecified atom stereocenters. The number of ether oxygens (including phenoxy) is 1. The minimum atomic E-state index is -3.49. The number of hydrogen-bond donors (Lipinski definition) is 0. The number of sulfone groups is 1. The molecule has 0 atom stereocenters. The van der Waals surface area contributed by atoms with Crippen molar-refractivity contribution in [2.45, 2.75) is 11.4 Å². The molecular formula is C26H20N2O5S2. The smallest absolute Gasteiger partial charge is 0.260 e. The zero-order valence-corrected chi connectivity index (χ0v) is 20.3. The number of rotatable bonds is 7. The van der Waals surface area contributed by atoms with Crippen LogP contribution in [-0.2, 0) is 16.4 Å². The Labute approximate surface area is 206 Å². The first kappa shape index (κ1) is 22.8. The quantitative estimate of drug-likeness (QED) is 0.273.